The van der Waals surface area contributed by atoms with Gasteiger partial charge in [-0.2, -0.15) is 0 Å². The molecule has 42 heavy (non-hydrogen) atoms. The van der Waals surface area contributed by atoms with E-state index >= 15 is 0 Å². The maximum absolute atomic E-state index is 14.2. The molecule has 0 unspecified atom stereocenters. The van der Waals surface area contributed by atoms with E-state index in [4.69, 9.17) is 21.1 Å². The van der Waals surface area contributed by atoms with Crippen molar-refractivity contribution in [2.75, 3.05) is 37.9 Å². The first-order valence-electron chi connectivity index (χ1n) is 13.6. The van der Waals surface area contributed by atoms with E-state index in [0.29, 0.717) is 22.9 Å². The van der Waals surface area contributed by atoms with Crippen LogP contribution in [0.25, 0.3) is 0 Å². The first kappa shape index (κ1) is 32.8. The molecule has 1 atom stereocenters. The lowest BCUT2D eigenvalue weighted by molar-refractivity contribution is -0.140. The van der Waals surface area contributed by atoms with Crippen LogP contribution in [-0.4, -0.2) is 64.7 Å². The van der Waals surface area contributed by atoms with Crippen LogP contribution >= 0.6 is 11.6 Å². The summed E-state index contributed by atoms with van der Waals surface area (Å²) < 4.78 is 37.9. The Balaban J connectivity index is 2.10. The van der Waals surface area contributed by atoms with Gasteiger partial charge in [0.1, 0.15) is 24.1 Å². The smallest absolute Gasteiger partial charge is 0.244 e. The number of methoxy groups -OCH3 is 2. The fraction of sp³-hybridized carbons (Fsp3) is 0.355. The number of sulfonamides is 1. The lowest BCUT2D eigenvalue weighted by Gasteiger charge is -2.34. The molecular weight excluding hydrogens is 578 g/mol. The zero-order chi connectivity index (χ0) is 30.7. The molecule has 0 aliphatic carbocycles. The fourth-order valence-corrected chi connectivity index (χ4v) is 5.50. The molecule has 11 heteroatoms. The third-order valence-corrected chi connectivity index (χ3v) is 8.23. The quantitative estimate of drug-likeness (QED) is 0.249. The van der Waals surface area contributed by atoms with Crippen LogP contribution in [0.3, 0.4) is 0 Å². The molecule has 0 heterocycles. The molecule has 0 saturated carbocycles. The van der Waals surface area contributed by atoms with Gasteiger partial charge >= 0.3 is 0 Å². The van der Waals surface area contributed by atoms with E-state index in [2.05, 4.69) is 5.32 Å². The van der Waals surface area contributed by atoms with Crippen molar-refractivity contribution in [3.05, 3.63) is 88.9 Å². The van der Waals surface area contributed by atoms with Crippen molar-refractivity contribution in [3.63, 3.8) is 0 Å². The van der Waals surface area contributed by atoms with Crippen LogP contribution in [-0.2, 0) is 32.6 Å². The van der Waals surface area contributed by atoms with Gasteiger partial charge in [0.25, 0.3) is 0 Å². The maximum Gasteiger partial charge on any atom is 0.244 e. The summed E-state index contributed by atoms with van der Waals surface area (Å²) in [6.07, 6.45) is 2.89. The average molecular weight is 616 g/mol. The number of nitrogens with zero attached hydrogens (tertiary/aromatic N) is 2. The van der Waals surface area contributed by atoms with Crippen LogP contribution in [0.2, 0.25) is 5.02 Å². The van der Waals surface area contributed by atoms with Gasteiger partial charge in [-0.3, -0.25) is 13.9 Å². The summed E-state index contributed by atoms with van der Waals surface area (Å²) in [5, 5.41) is 3.38. The Hall–Kier alpha value is -3.76. The van der Waals surface area contributed by atoms with Gasteiger partial charge in [-0.1, -0.05) is 73.5 Å². The number of halogens is 1. The van der Waals surface area contributed by atoms with Crippen molar-refractivity contribution in [3.8, 4) is 11.5 Å². The number of hydrogen-bond donors (Lipinski definition) is 1. The molecule has 0 spiro atoms. The van der Waals surface area contributed by atoms with Crippen molar-refractivity contribution in [1.29, 1.82) is 0 Å². The Morgan fingerprint density at radius 2 is 1.67 bits per heavy atom. The van der Waals surface area contributed by atoms with Crippen LogP contribution < -0.4 is 19.1 Å². The standard InChI is InChI=1S/C31H38ClN3O6S/c1-5-6-18-33-31(37)28(19-23-12-8-7-9-13-23)34(21-24-14-10-11-15-26(24)32)30(36)22-35(42(4,38)39)27-20-25(40-2)16-17-29(27)41-3/h7-17,20,28H,5-6,18-19,21-22H2,1-4H3,(H,33,37)/t28-/m1/s1. The van der Waals surface area contributed by atoms with Crippen LogP contribution in [0.5, 0.6) is 11.5 Å². The summed E-state index contributed by atoms with van der Waals surface area (Å²) in [5.41, 5.74) is 1.61. The third-order valence-electron chi connectivity index (χ3n) is 6.73. The van der Waals surface area contributed by atoms with E-state index in [-0.39, 0.29) is 30.3 Å². The number of unbranched alkanes of at least 4 members (excludes halogenated alkanes) is 1. The number of amides is 2. The number of benzene rings is 3. The molecule has 226 valence electrons. The number of anilines is 1. The van der Waals surface area contributed by atoms with Gasteiger partial charge in [0.15, 0.2) is 0 Å². The fourth-order valence-electron chi connectivity index (χ4n) is 4.46. The number of ether oxygens (including phenoxy) is 2. The molecule has 2 amide bonds. The van der Waals surface area contributed by atoms with Gasteiger partial charge in [0.2, 0.25) is 21.8 Å². The van der Waals surface area contributed by atoms with Gasteiger partial charge in [0.05, 0.1) is 26.2 Å². The molecule has 0 aliphatic heterocycles. The largest absolute Gasteiger partial charge is 0.497 e. The molecule has 9 nitrogen and oxygen atoms in total. The van der Waals surface area contributed by atoms with Gasteiger partial charge in [0, 0.05) is 30.6 Å². The lowest BCUT2D eigenvalue weighted by atomic mass is 10.0. The van der Waals surface area contributed by atoms with Gasteiger partial charge in [-0.15, -0.1) is 0 Å². The zero-order valence-electron chi connectivity index (χ0n) is 24.4. The summed E-state index contributed by atoms with van der Waals surface area (Å²) in [5.74, 6) is -0.295. The zero-order valence-corrected chi connectivity index (χ0v) is 26.0. The van der Waals surface area contributed by atoms with E-state index in [1.54, 1.807) is 36.4 Å². The highest BCUT2D eigenvalue weighted by atomic mass is 35.5. The molecule has 0 aromatic heterocycles. The Morgan fingerprint density at radius 3 is 2.29 bits per heavy atom. The van der Waals surface area contributed by atoms with E-state index in [1.165, 1.54) is 25.2 Å². The van der Waals surface area contributed by atoms with Gasteiger partial charge in [-0.25, -0.2) is 8.42 Å². The number of nitrogens with one attached hydrogen (secondary N) is 1. The van der Waals surface area contributed by atoms with E-state index in [0.717, 1.165) is 29.0 Å². The topological polar surface area (TPSA) is 105 Å². The van der Waals surface area contributed by atoms with Crippen LogP contribution in [0.15, 0.2) is 72.8 Å². The van der Waals surface area contributed by atoms with E-state index < -0.39 is 28.5 Å². The number of hydrogen-bond acceptors (Lipinski definition) is 6. The van der Waals surface area contributed by atoms with E-state index in [1.807, 2.05) is 37.3 Å². The molecule has 3 aromatic carbocycles. The first-order chi connectivity index (χ1) is 20.1. The highest BCUT2D eigenvalue weighted by Gasteiger charge is 2.34. The second-order valence-corrected chi connectivity index (χ2v) is 12.1. The molecule has 0 aliphatic rings. The van der Waals surface area contributed by atoms with Crippen molar-refractivity contribution >= 4 is 39.1 Å². The second kappa shape index (κ2) is 15.5. The monoisotopic (exact) mass is 615 g/mol. The number of rotatable bonds is 15. The summed E-state index contributed by atoms with van der Waals surface area (Å²) in [7, 11) is -1.12. The average Bonchev–Trinajstić information content (AvgIpc) is 2.98. The molecule has 3 aromatic rings. The highest BCUT2D eigenvalue weighted by molar-refractivity contribution is 7.92. The van der Waals surface area contributed by atoms with E-state index in [9.17, 15) is 18.0 Å². The second-order valence-electron chi connectivity index (χ2n) is 9.77. The maximum atomic E-state index is 14.2. The summed E-state index contributed by atoms with van der Waals surface area (Å²) >= 11 is 6.49. The first-order valence-corrected chi connectivity index (χ1v) is 15.9. The van der Waals surface area contributed by atoms with Crippen molar-refractivity contribution in [2.45, 2.75) is 38.8 Å². The Kier molecular flexibility index (Phi) is 12.1. The van der Waals surface area contributed by atoms with Crippen LogP contribution in [0.4, 0.5) is 5.69 Å². The lowest BCUT2D eigenvalue weighted by Crippen LogP contribution is -2.53. The molecule has 0 radical (unpaired) electrons. The molecular formula is C31H38ClN3O6S. The molecule has 1 N–H and O–H groups in total. The predicted molar refractivity (Wildman–Crippen MR) is 166 cm³/mol. The molecule has 0 saturated heterocycles. The Bertz CT molecular complexity index is 1450. The minimum Gasteiger partial charge on any atom is -0.497 e. The highest BCUT2D eigenvalue weighted by Crippen LogP contribution is 2.34. The third kappa shape index (κ3) is 8.87. The Labute approximate surface area is 253 Å². The SMILES string of the molecule is CCCCNC(=O)[C@@H](Cc1ccccc1)N(Cc1ccccc1Cl)C(=O)CN(c1cc(OC)ccc1OC)S(C)(=O)=O. The van der Waals surface area contributed by atoms with Crippen LogP contribution in [0, 0.1) is 0 Å². The molecule has 0 fully saturated rings. The van der Waals surface area contributed by atoms with Gasteiger partial charge < -0.3 is 19.7 Å². The van der Waals surface area contributed by atoms with Crippen molar-refractivity contribution in [2.24, 2.45) is 0 Å². The normalized spacial score (nSPS) is 11.8. The predicted octanol–water partition coefficient (Wildman–Crippen LogP) is 4.68. The molecule has 0 bridgehead atoms. The van der Waals surface area contributed by atoms with Crippen molar-refractivity contribution in [1.82, 2.24) is 10.2 Å². The van der Waals surface area contributed by atoms with Crippen LogP contribution in [0.1, 0.15) is 30.9 Å². The molecule has 3 rings (SSSR count). The minimum atomic E-state index is -3.98. The number of carbonyl (C=O) groups is 2. The minimum absolute atomic E-state index is 0.00987. The Morgan fingerprint density at radius 1 is 0.976 bits per heavy atom. The van der Waals surface area contributed by atoms with Gasteiger partial charge in [-0.05, 0) is 35.7 Å². The summed E-state index contributed by atoms with van der Waals surface area (Å²) in [6.45, 7) is 1.88. The summed E-state index contributed by atoms with van der Waals surface area (Å²) in [6, 6.07) is 20.2. The summed E-state index contributed by atoms with van der Waals surface area (Å²) in [4.78, 5) is 29.3. The van der Waals surface area contributed by atoms with Crippen molar-refractivity contribution < 1.29 is 27.5 Å². The number of carbonyl (C=O) groups excluding carboxylic acids is 2.